The number of ether oxygens (including phenoxy) is 1. The average Bonchev–Trinajstić information content (AvgIpc) is 2.46. The molecule has 2 rings (SSSR count). The van der Waals surface area contributed by atoms with E-state index in [1.54, 1.807) is 31.4 Å². The van der Waals surface area contributed by atoms with Gasteiger partial charge >= 0.3 is 0 Å². The zero-order valence-corrected chi connectivity index (χ0v) is 9.75. The van der Waals surface area contributed by atoms with E-state index < -0.39 is 5.91 Å². The summed E-state index contributed by atoms with van der Waals surface area (Å²) in [6, 6.07) is 7.18. The molecule has 0 radical (unpaired) electrons. The molecule has 1 aromatic heterocycles. The van der Waals surface area contributed by atoms with Crippen LogP contribution in [0.2, 0.25) is 0 Å². The lowest BCUT2D eigenvalue weighted by molar-refractivity contribution is 0.0949. The van der Waals surface area contributed by atoms with E-state index in [2.05, 4.69) is 9.97 Å². The SMILES string of the molecule is COc1ccc(-c2nccnc2C(=O)NN)cc1. The monoisotopic (exact) mass is 244 g/mol. The van der Waals surface area contributed by atoms with Gasteiger partial charge < -0.3 is 4.74 Å². The van der Waals surface area contributed by atoms with E-state index in [1.807, 2.05) is 5.43 Å². The first-order valence-electron chi connectivity index (χ1n) is 5.22. The lowest BCUT2D eigenvalue weighted by atomic mass is 10.1. The molecule has 0 bridgehead atoms. The Morgan fingerprint density at radius 3 is 2.50 bits per heavy atom. The summed E-state index contributed by atoms with van der Waals surface area (Å²) in [7, 11) is 1.59. The average molecular weight is 244 g/mol. The number of nitrogens with two attached hydrogens (primary N) is 1. The number of amides is 1. The van der Waals surface area contributed by atoms with Gasteiger partial charge in [0.2, 0.25) is 0 Å². The highest BCUT2D eigenvalue weighted by molar-refractivity contribution is 5.97. The maximum atomic E-state index is 11.6. The predicted octanol–water partition coefficient (Wildman–Crippen LogP) is 0.756. The van der Waals surface area contributed by atoms with E-state index >= 15 is 0 Å². The Labute approximate surface area is 104 Å². The van der Waals surface area contributed by atoms with Crippen LogP contribution in [0.5, 0.6) is 5.75 Å². The van der Waals surface area contributed by atoms with Crippen molar-refractivity contribution in [1.82, 2.24) is 15.4 Å². The molecule has 6 nitrogen and oxygen atoms in total. The Hall–Kier alpha value is -2.47. The fourth-order valence-electron chi connectivity index (χ4n) is 1.53. The molecule has 0 saturated carbocycles. The number of benzene rings is 1. The molecule has 6 heteroatoms. The highest BCUT2D eigenvalue weighted by Crippen LogP contribution is 2.22. The van der Waals surface area contributed by atoms with Crippen LogP contribution in [0.3, 0.4) is 0 Å². The molecule has 3 N–H and O–H groups in total. The Balaban J connectivity index is 2.46. The summed E-state index contributed by atoms with van der Waals surface area (Å²) in [6.07, 6.45) is 2.96. The van der Waals surface area contributed by atoms with Crippen molar-refractivity contribution in [2.75, 3.05) is 7.11 Å². The number of hydrogen-bond acceptors (Lipinski definition) is 5. The van der Waals surface area contributed by atoms with Crippen LogP contribution in [0.1, 0.15) is 10.5 Å². The van der Waals surface area contributed by atoms with Gasteiger partial charge in [-0.2, -0.15) is 0 Å². The number of hydrazine groups is 1. The van der Waals surface area contributed by atoms with Crippen molar-refractivity contribution in [3.05, 3.63) is 42.4 Å². The van der Waals surface area contributed by atoms with Crippen LogP contribution < -0.4 is 16.0 Å². The summed E-state index contributed by atoms with van der Waals surface area (Å²) in [5, 5.41) is 0. The smallest absolute Gasteiger partial charge is 0.286 e. The number of carbonyl (C=O) groups excluding carboxylic acids is 1. The van der Waals surface area contributed by atoms with E-state index in [1.165, 1.54) is 12.4 Å². The predicted molar refractivity (Wildman–Crippen MR) is 65.7 cm³/mol. The van der Waals surface area contributed by atoms with Crippen molar-refractivity contribution in [1.29, 1.82) is 0 Å². The van der Waals surface area contributed by atoms with Crippen LogP contribution in [-0.4, -0.2) is 23.0 Å². The first-order chi connectivity index (χ1) is 8.76. The van der Waals surface area contributed by atoms with Crippen molar-refractivity contribution in [3.63, 3.8) is 0 Å². The summed E-state index contributed by atoms with van der Waals surface area (Å²) in [6.45, 7) is 0. The number of nitrogen functional groups attached to an aromatic ring is 1. The molecule has 1 amide bonds. The molecule has 18 heavy (non-hydrogen) atoms. The van der Waals surface area contributed by atoms with Crippen LogP contribution >= 0.6 is 0 Å². The van der Waals surface area contributed by atoms with Gasteiger partial charge in [0.1, 0.15) is 11.4 Å². The number of nitrogens with one attached hydrogen (secondary N) is 1. The van der Waals surface area contributed by atoms with Gasteiger partial charge in [-0.15, -0.1) is 0 Å². The number of carbonyl (C=O) groups is 1. The highest BCUT2D eigenvalue weighted by atomic mass is 16.5. The highest BCUT2D eigenvalue weighted by Gasteiger charge is 2.14. The zero-order chi connectivity index (χ0) is 13.0. The topological polar surface area (TPSA) is 90.1 Å². The van der Waals surface area contributed by atoms with Crippen LogP contribution in [-0.2, 0) is 0 Å². The molecule has 0 aliphatic rings. The standard InChI is InChI=1S/C12H12N4O2/c1-18-9-4-2-8(3-5-9)10-11(12(17)16-13)15-7-6-14-10/h2-7H,13H2,1H3,(H,16,17). The molecular weight excluding hydrogens is 232 g/mol. The van der Waals surface area contributed by atoms with Gasteiger partial charge in [-0.05, 0) is 24.3 Å². The Morgan fingerprint density at radius 1 is 1.22 bits per heavy atom. The van der Waals surface area contributed by atoms with Gasteiger partial charge in [0.05, 0.1) is 7.11 Å². The van der Waals surface area contributed by atoms with Gasteiger partial charge in [0.15, 0.2) is 5.69 Å². The minimum absolute atomic E-state index is 0.185. The second-order valence-electron chi connectivity index (χ2n) is 3.46. The van der Waals surface area contributed by atoms with Crippen LogP contribution in [0.4, 0.5) is 0 Å². The number of hydrogen-bond donors (Lipinski definition) is 2. The molecule has 0 aliphatic heterocycles. The van der Waals surface area contributed by atoms with Crippen molar-refractivity contribution in [2.45, 2.75) is 0 Å². The fourth-order valence-corrected chi connectivity index (χ4v) is 1.53. The molecule has 0 unspecified atom stereocenters. The van der Waals surface area contributed by atoms with E-state index in [9.17, 15) is 4.79 Å². The second kappa shape index (κ2) is 5.24. The molecule has 1 heterocycles. The minimum Gasteiger partial charge on any atom is -0.497 e. The van der Waals surface area contributed by atoms with Crippen molar-refractivity contribution >= 4 is 5.91 Å². The van der Waals surface area contributed by atoms with Gasteiger partial charge in [-0.3, -0.25) is 15.2 Å². The Bertz CT molecular complexity index is 554. The molecule has 0 spiro atoms. The summed E-state index contributed by atoms with van der Waals surface area (Å²) >= 11 is 0. The van der Waals surface area contributed by atoms with Gasteiger partial charge in [0.25, 0.3) is 5.91 Å². The first kappa shape index (κ1) is 12.0. The van der Waals surface area contributed by atoms with Gasteiger partial charge in [-0.25, -0.2) is 10.8 Å². The van der Waals surface area contributed by atoms with Crippen LogP contribution in [0, 0.1) is 0 Å². The normalized spacial score (nSPS) is 9.89. The summed E-state index contributed by atoms with van der Waals surface area (Å²) < 4.78 is 5.07. The minimum atomic E-state index is -0.478. The number of aromatic nitrogens is 2. The van der Waals surface area contributed by atoms with Gasteiger partial charge in [0, 0.05) is 18.0 Å². The lowest BCUT2D eigenvalue weighted by Crippen LogP contribution is -2.31. The lowest BCUT2D eigenvalue weighted by Gasteiger charge is -2.06. The third kappa shape index (κ3) is 2.28. The maximum absolute atomic E-state index is 11.6. The summed E-state index contributed by atoms with van der Waals surface area (Å²) in [5.74, 6) is 5.36. The molecule has 0 saturated heterocycles. The largest absolute Gasteiger partial charge is 0.497 e. The third-order valence-electron chi connectivity index (χ3n) is 2.41. The number of nitrogens with zero attached hydrogens (tertiary/aromatic N) is 2. The van der Waals surface area contributed by atoms with E-state index in [0.717, 1.165) is 11.3 Å². The van der Waals surface area contributed by atoms with Crippen molar-refractivity contribution < 1.29 is 9.53 Å². The second-order valence-corrected chi connectivity index (χ2v) is 3.46. The van der Waals surface area contributed by atoms with Crippen LogP contribution in [0.15, 0.2) is 36.7 Å². The summed E-state index contributed by atoms with van der Waals surface area (Å²) in [4.78, 5) is 19.7. The molecule has 0 fully saturated rings. The van der Waals surface area contributed by atoms with E-state index in [0.29, 0.717) is 5.69 Å². The number of methoxy groups -OCH3 is 1. The maximum Gasteiger partial charge on any atom is 0.286 e. The van der Waals surface area contributed by atoms with Crippen molar-refractivity contribution in [3.8, 4) is 17.0 Å². The molecule has 0 aliphatic carbocycles. The fraction of sp³-hybridized carbons (Fsp3) is 0.0833. The first-order valence-corrected chi connectivity index (χ1v) is 5.22. The summed E-state index contributed by atoms with van der Waals surface area (Å²) in [5.41, 5.74) is 3.47. The molecule has 92 valence electrons. The Morgan fingerprint density at radius 2 is 1.89 bits per heavy atom. The van der Waals surface area contributed by atoms with E-state index in [4.69, 9.17) is 10.6 Å². The number of rotatable bonds is 3. The van der Waals surface area contributed by atoms with Crippen molar-refractivity contribution in [2.24, 2.45) is 5.84 Å². The molecule has 2 aromatic rings. The molecule has 0 atom stereocenters. The third-order valence-corrected chi connectivity index (χ3v) is 2.41. The molecular formula is C12H12N4O2. The Kier molecular flexibility index (Phi) is 3.49. The molecule has 1 aromatic carbocycles. The zero-order valence-electron chi connectivity index (χ0n) is 9.75. The van der Waals surface area contributed by atoms with Crippen LogP contribution in [0.25, 0.3) is 11.3 Å². The quantitative estimate of drug-likeness (QED) is 0.472. The van der Waals surface area contributed by atoms with E-state index in [-0.39, 0.29) is 5.69 Å². The van der Waals surface area contributed by atoms with Gasteiger partial charge in [-0.1, -0.05) is 0 Å².